The monoisotopic (exact) mass is 871 g/mol. The van der Waals surface area contributed by atoms with Crippen LogP contribution in [0.25, 0.3) is 0 Å². The van der Waals surface area contributed by atoms with E-state index >= 15 is 4.79 Å². The minimum absolute atomic E-state index is 0.00502. The summed E-state index contributed by atoms with van der Waals surface area (Å²) in [6.07, 6.45) is -7.08. The van der Waals surface area contributed by atoms with Gasteiger partial charge in [0.25, 0.3) is 11.8 Å². The van der Waals surface area contributed by atoms with Crippen molar-refractivity contribution in [3.63, 3.8) is 0 Å². The summed E-state index contributed by atoms with van der Waals surface area (Å²) in [4.78, 5) is 35.6. The van der Waals surface area contributed by atoms with Crippen LogP contribution in [0.4, 0.5) is 26.3 Å². The summed E-state index contributed by atoms with van der Waals surface area (Å²) in [7, 11) is -0.658. The van der Waals surface area contributed by atoms with Gasteiger partial charge in [-0.2, -0.15) is 26.3 Å². The van der Waals surface area contributed by atoms with E-state index in [1.807, 2.05) is 0 Å². The lowest BCUT2D eigenvalue weighted by molar-refractivity contribution is -0.168. The maximum Gasteiger partial charge on any atom is 0.425 e. The number of rotatable bonds is 13. The number of hydrogen-bond donors (Lipinski definition) is 1. The molecule has 2 amide bonds. The minimum Gasteiger partial charge on any atom is -0.496 e. The number of methoxy groups -OCH3 is 1. The topological polar surface area (TPSA) is 101 Å². The number of para-hydroxylation sites is 1. The van der Waals surface area contributed by atoms with Gasteiger partial charge in [0.05, 0.1) is 24.3 Å². The maximum absolute atomic E-state index is 15.6. The fraction of sp³-hybridized carbons (Fsp3) is 0.595. The molecule has 1 aromatic carbocycles. The van der Waals surface area contributed by atoms with E-state index < -0.39 is 71.9 Å². The van der Waals surface area contributed by atoms with Crippen molar-refractivity contribution < 1.29 is 54.9 Å². The Morgan fingerprint density at radius 3 is 2.32 bits per heavy atom. The molecule has 2 saturated heterocycles. The van der Waals surface area contributed by atoms with Crippen LogP contribution in [0.15, 0.2) is 54.0 Å². The van der Waals surface area contributed by atoms with E-state index in [9.17, 15) is 36.2 Å². The number of piperidine rings is 2. The Balaban J connectivity index is 1.60. The summed E-state index contributed by atoms with van der Waals surface area (Å²) >= 11 is 0.387. The van der Waals surface area contributed by atoms with Crippen molar-refractivity contribution in [3.8, 4) is 11.5 Å². The van der Waals surface area contributed by atoms with Crippen molar-refractivity contribution >= 4 is 31.5 Å². The van der Waals surface area contributed by atoms with E-state index in [4.69, 9.17) is 13.9 Å². The molecule has 0 radical (unpaired) electrons. The van der Waals surface area contributed by atoms with Gasteiger partial charge in [-0.15, -0.1) is 11.3 Å². The molecule has 0 spiro atoms. The average molecular weight is 872 g/mol. The third-order valence-corrected chi connectivity index (χ3v) is 17.6. The Bertz CT molecular complexity index is 1940. The van der Waals surface area contributed by atoms with Gasteiger partial charge in [0.2, 0.25) is 5.60 Å². The predicted molar refractivity (Wildman–Crippen MR) is 215 cm³/mol. The van der Waals surface area contributed by atoms with Crippen molar-refractivity contribution in [1.29, 1.82) is 0 Å². The molecule has 3 aromatic rings. The number of carbonyl (C=O) groups is 2. The van der Waals surface area contributed by atoms with E-state index in [0.717, 1.165) is 29.8 Å². The predicted octanol–water partition coefficient (Wildman–Crippen LogP) is 10.1. The number of pyridine rings is 1. The van der Waals surface area contributed by atoms with Gasteiger partial charge in [-0.1, -0.05) is 52.3 Å². The molecule has 326 valence electrons. The Kier molecular flexibility index (Phi) is 13.9. The average Bonchev–Trinajstić information content (AvgIpc) is 3.65. The number of amides is 2. The SMILES string of the molecule is CCC[C@H]1N(C(=O)c2ncccc2C(F)(F)F)CCC[C@@]1(Oc1csc(C(F)(F)F)c1)C(=O)N1CCC(O)(c2ccccc2OC)CC1CCCO[Si](C)(C)C(C)(C)C. The summed E-state index contributed by atoms with van der Waals surface area (Å²) in [5.74, 6) is -1.48. The molecule has 5 rings (SSSR count). The van der Waals surface area contributed by atoms with Crippen LogP contribution in [0, 0.1) is 0 Å². The van der Waals surface area contributed by atoms with Gasteiger partial charge in [0, 0.05) is 61.8 Å². The lowest BCUT2D eigenvalue weighted by atomic mass is 9.76. The van der Waals surface area contributed by atoms with Crippen molar-refractivity contribution in [2.45, 2.75) is 133 Å². The van der Waals surface area contributed by atoms with Crippen LogP contribution in [0.5, 0.6) is 11.5 Å². The molecular formula is C42H55F6N3O6SSi. The van der Waals surface area contributed by atoms with Gasteiger partial charge in [0.1, 0.15) is 22.1 Å². The van der Waals surface area contributed by atoms with E-state index in [1.54, 1.807) is 36.1 Å². The van der Waals surface area contributed by atoms with Gasteiger partial charge in [0.15, 0.2) is 8.32 Å². The summed E-state index contributed by atoms with van der Waals surface area (Å²) in [5, 5.41) is 13.4. The summed E-state index contributed by atoms with van der Waals surface area (Å²) in [5.41, 5.74) is -5.02. The van der Waals surface area contributed by atoms with Crippen LogP contribution < -0.4 is 9.47 Å². The number of alkyl halides is 6. The highest BCUT2D eigenvalue weighted by Crippen LogP contribution is 2.46. The number of benzene rings is 1. The van der Waals surface area contributed by atoms with E-state index in [0.29, 0.717) is 48.5 Å². The van der Waals surface area contributed by atoms with Crippen LogP contribution in [-0.2, 0) is 27.2 Å². The van der Waals surface area contributed by atoms with Crippen LogP contribution in [0.1, 0.15) is 106 Å². The standard InChI is InChI=1S/C42H55F6N3O6SSi/c1-8-14-33-40(57-29-25-34(58-27-29)42(46,47)48,19-13-22-51(33)36(52)35-31(41(43,44)45)17-11-21-49-35)37(53)50-23-20-39(54,30-16-9-10-18-32(30)55-5)26-28(50)15-12-24-56-59(6,7)38(2,3)4/h9-11,16-18,21,25,27-28,33,54H,8,12-15,19-20,22-24,26H2,1-7H3/t28?,33-,39?,40+/m1/s1. The number of ether oxygens (including phenoxy) is 2. The number of aromatic nitrogens is 1. The highest BCUT2D eigenvalue weighted by molar-refractivity contribution is 7.10. The number of hydrogen-bond acceptors (Lipinski definition) is 8. The molecule has 4 heterocycles. The summed E-state index contributed by atoms with van der Waals surface area (Å²) in [6, 6.07) is 7.85. The summed E-state index contributed by atoms with van der Waals surface area (Å²) in [6.45, 7) is 12.7. The minimum atomic E-state index is -4.92. The van der Waals surface area contributed by atoms with Crippen LogP contribution in [-0.4, -0.2) is 84.5 Å². The normalized spacial score (nSPS) is 23.3. The third-order valence-electron chi connectivity index (χ3n) is 12.1. The first-order chi connectivity index (χ1) is 27.5. The molecule has 2 fully saturated rings. The smallest absolute Gasteiger partial charge is 0.425 e. The van der Waals surface area contributed by atoms with Crippen molar-refractivity contribution in [1.82, 2.24) is 14.8 Å². The first-order valence-corrected chi connectivity index (χ1v) is 23.8. The van der Waals surface area contributed by atoms with Crippen molar-refractivity contribution in [2.75, 3.05) is 26.8 Å². The second kappa shape index (κ2) is 17.7. The molecule has 1 N–H and O–H groups in total. The van der Waals surface area contributed by atoms with E-state index in [1.165, 1.54) is 12.0 Å². The van der Waals surface area contributed by atoms with Crippen LogP contribution in [0.2, 0.25) is 18.1 Å². The molecule has 9 nitrogen and oxygen atoms in total. The molecule has 2 aliphatic rings. The molecule has 0 bridgehead atoms. The number of halogens is 6. The molecule has 59 heavy (non-hydrogen) atoms. The number of aliphatic hydroxyl groups is 1. The molecule has 0 aliphatic carbocycles. The lowest BCUT2D eigenvalue weighted by Crippen LogP contribution is -2.70. The zero-order valence-corrected chi connectivity index (χ0v) is 36.5. The number of likely N-dealkylation sites (tertiary alicyclic amines) is 2. The maximum atomic E-state index is 15.6. The highest BCUT2D eigenvalue weighted by Gasteiger charge is 2.58. The highest BCUT2D eigenvalue weighted by atomic mass is 32.1. The van der Waals surface area contributed by atoms with E-state index in [2.05, 4.69) is 38.8 Å². The quantitative estimate of drug-likeness (QED) is 0.104. The first kappa shape index (κ1) is 46.4. The summed E-state index contributed by atoms with van der Waals surface area (Å²) < 4.78 is 103. The zero-order valence-electron chi connectivity index (χ0n) is 34.6. The number of nitrogens with zero attached hydrogens (tertiary/aromatic N) is 3. The van der Waals surface area contributed by atoms with Gasteiger partial charge < -0.3 is 28.8 Å². The molecule has 0 saturated carbocycles. The van der Waals surface area contributed by atoms with Crippen molar-refractivity contribution in [3.05, 3.63) is 75.7 Å². The first-order valence-electron chi connectivity index (χ1n) is 20.0. The Morgan fingerprint density at radius 1 is 0.983 bits per heavy atom. The second-order valence-electron chi connectivity index (χ2n) is 17.0. The number of thiophene rings is 1. The van der Waals surface area contributed by atoms with Crippen LogP contribution >= 0.6 is 11.3 Å². The van der Waals surface area contributed by atoms with Crippen LogP contribution in [0.3, 0.4) is 0 Å². The van der Waals surface area contributed by atoms with E-state index in [-0.39, 0.29) is 56.0 Å². The molecular weight excluding hydrogens is 817 g/mol. The Labute approximate surface area is 347 Å². The number of carbonyl (C=O) groups excluding carboxylic acids is 2. The Hall–Kier alpha value is -3.67. The van der Waals surface area contributed by atoms with Gasteiger partial charge in [-0.25, -0.2) is 0 Å². The zero-order chi connectivity index (χ0) is 43.6. The fourth-order valence-electron chi connectivity index (χ4n) is 8.07. The molecule has 2 aromatic heterocycles. The van der Waals surface area contributed by atoms with Crippen molar-refractivity contribution in [2.24, 2.45) is 0 Å². The van der Waals surface area contributed by atoms with Gasteiger partial charge >= 0.3 is 12.4 Å². The fourth-order valence-corrected chi connectivity index (χ4v) is 9.84. The molecule has 17 heteroatoms. The largest absolute Gasteiger partial charge is 0.496 e. The lowest BCUT2D eigenvalue weighted by Gasteiger charge is -2.53. The molecule has 2 aliphatic heterocycles. The molecule has 2 unspecified atom stereocenters. The molecule has 4 atom stereocenters. The third kappa shape index (κ3) is 9.94. The second-order valence-corrected chi connectivity index (χ2v) is 22.7. The van der Waals surface area contributed by atoms with Gasteiger partial charge in [-0.3, -0.25) is 14.6 Å². The Morgan fingerprint density at radius 2 is 1.69 bits per heavy atom. The van der Waals surface area contributed by atoms with Gasteiger partial charge in [-0.05, 0) is 68.4 Å².